The molecule has 108 valence electrons. The van der Waals surface area contributed by atoms with Gasteiger partial charge in [-0.3, -0.25) is 0 Å². The molecular weight excluding hydrogens is 267 g/mol. The second-order valence-corrected chi connectivity index (χ2v) is 6.46. The molecule has 0 spiro atoms. The van der Waals surface area contributed by atoms with Gasteiger partial charge in [-0.15, -0.1) is 0 Å². The third-order valence-electron chi connectivity index (χ3n) is 2.79. The summed E-state index contributed by atoms with van der Waals surface area (Å²) in [5.41, 5.74) is 1.83. The van der Waals surface area contributed by atoms with Crippen LogP contribution >= 0.6 is 0 Å². The molecule has 0 heterocycles. The zero-order valence-corrected chi connectivity index (χ0v) is 12.4. The van der Waals surface area contributed by atoms with E-state index in [-0.39, 0.29) is 18.1 Å². The number of rotatable bonds is 7. The Morgan fingerprint density at radius 1 is 1.21 bits per heavy atom. The molecule has 0 radical (unpaired) electrons. The van der Waals surface area contributed by atoms with Gasteiger partial charge in [0.05, 0.1) is 5.75 Å². The lowest BCUT2D eigenvalue weighted by Gasteiger charge is -2.09. The Bertz CT molecular complexity index is 506. The molecule has 0 aliphatic heterocycles. The van der Waals surface area contributed by atoms with Crippen molar-refractivity contribution in [3.63, 3.8) is 0 Å². The summed E-state index contributed by atoms with van der Waals surface area (Å²) < 4.78 is 39.3. The average molecular weight is 288 g/mol. The van der Waals surface area contributed by atoms with Gasteiger partial charge in [-0.2, -0.15) is 0 Å². The quantitative estimate of drug-likeness (QED) is 0.747. The maximum absolute atomic E-state index is 13.4. The van der Waals surface area contributed by atoms with Crippen molar-refractivity contribution in [3.05, 3.63) is 34.6 Å². The van der Waals surface area contributed by atoms with Crippen molar-refractivity contribution in [2.45, 2.75) is 27.3 Å². The van der Waals surface area contributed by atoms with Crippen molar-refractivity contribution < 1.29 is 12.8 Å². The van der Waals surface area contributed by atoms with Gasteiger partial charge in [0, 0.05) is 13.1 Å². The number of hydrogen-bond acceptors (Lipinski definition) is 3. The van der Waals surface area contributed by atoms with Crippen molar-refractivity contribution >= 4 is 10.0 Å². The summed E-state index contributed by atoms with van der Waals surface area (Å²) in [5.74, 6) is -0.196. The average Bonchev–Trinajstić information content (AvgIpc) is 2.33. The van der Waals surface area contributed by atoms with Crippen LogP contribution in [0.1, 0.15) is 23.6 Å². The lowest BCUT2D eigenvalue weighted by molar-refractivity contribution is 0.577. The van der Waals surface area contributed by atoms with Gasteiger partial charge >= 0.3 is 0 Å². The molecule has 0 aliphatic carbocycles. The normalized spacial score (nSPS) is 11.8. The van der Waals surface area contributed by atoms with Crippen molar-refractivity contribution in [1.82, 2.24) is 10.0 Å². The first-order valence-electron chi connectivity index (χ1n) is 6.29. The second kappa shape index (κ2) is 6.98. The number of hydrogen-bond donors (Lipinski definition) is 2. The predicted molar refractivity (Wildman–Crippen MR) is 75.0 cm³/mol. The third kappa shape index (κ3) is 5.26. The van der Waals surface area contributed by atoms with Gasteiger partial charge in [0.15, 0.2) is 0 Å². The first-order valence-corrected chi connectivity index (χ1v) is 7.94. The first kappa shape index (κ1) is 16.1. The topological polar surface area (TPSA) is 58.2 Å². The number of sulfonamides is 1. The van der Waals surface area contributed by atoms with E-state index in [1.165, 1.54) is 0 Å². The molecule has 0 aromatic heterocycles. The van der Waals surface area contributed by atoms with Crippen molar-refractivity contribution in [2.75, 3.05) is 18.8 Å². The number of benzene rings is 1. The van der Waals surface area contributed by atoms with Crippen LogP contribution in [-0.2, 0) is 16.6 Å². The van der Waals surface area contributed by atoms with E-state index in [1.54, 1.807) is 26.0 Å². The fourth-order valence-electron chi connectivity index (χ4n) is 1.79. The van der Waals surface area contributed by atoms with Crippen LogP contribution in [0.25, 0.3) is 0 Å². The van der Waals surface area contributed by atoms with E-state index in [0.717, 1.165) is 12.1 Å². The van der Waals surface area contributed by atoms with Gasteiger partial charge in [0.1, 0.15) is 5.82 Å². The van der Waals surface area contributed by atoms with Gasteiger partial charge in [0.25, 0.3) is 0 Å². The standard InChI is InChI=1S/C13H21FN2O2S/c1-4-15-5-6-19(17,18)16-9-12-7-10(2)13(14)11(3)8-12/h7-8,15-16H,4-6,9H2,1-3H3. The van der Waals surface area contributed by atoms with E-state index < -0.39 is 10.0 Å². The molecule has 1 aromatic carbocycles. The third-order valence-corrected chi connectivity index (χ3v) is 4.12. The summed E-state index contributed by atoms with van der Waals surface area (Å²) in [4.78, 5) is 0. The summed E-state index contributed by atoms with van der Waals surface area (Å²) in [6.07, 6.45) is 0. The molecule has 1 rings (SSSR count). The lowest BCUT2D eigenvalue weighted by Crippen LogP contribution is -2.31. The zero-order valence-electron chi connectivity index (χ0n) is 11.6. The van der Waals surface area contributed by atoms with Crippen LogP contribution < -0.4 is 10.0 Å². The molecule has 0 atom stereocenters. The first-order chi connectivity index (χ1) is 8.85. The highest BCUT2D eigenvalue weighted by Crippen LogP contribution is 2.14. The smallest absolute Gasteiger partial charge is 0.213 e. The molecule has 0 aliphatic rings. The summed E-state index contributed by atoms with van der Waals surface area (Å²) in [6.45, 7) is 6.62. The summed E-state index contributed by atoms with van der Waals surface area (Å²) in [6, 6.07) is 3.32. The zero-order chi connectivity index (χ0) is 14.5. The fraction of sp³-hybridized carbons (Fsp3) is 0.538. The van der Waals surface area contributed by atoms with Crippen molar-refractivity contribution in [3.8, 4) is 0 Å². The summed E-state index contributed by atoms with van der Waals surface area (Å²) in [5, 5.41) is 2.96. The second-order valence-electron chi connectivity index (χ2n) is 4.54. The molecule has 1 aromatic rings. The van der Waals surface area contributed by atoms with Gasteiger partial charge < -0.3 is 5.32 Å². The van der Waals surface area contributed by atoms with Gasteiger partial charge in [-0.1, -0.05) is 19.1 Å². The van der Waals surface area contributed by atoms with Crippen LogP contribution in [0.15, 0.2) is 12.1 Å². The molecule has 0 bridgehead atoms. The van der Waals surface area contributed by atoms with E-state index in [4.69, 9.17) is 0 Å². The van der Waals surface area contributed by atoms with Crippen molar-refractivity contribution in [1.29, 1.82) is 0 Å². The molecule has 0 saturated heterocycles. The minimum Gasteiger partial charge on any atom is -0.316 e. The Labute approximate surface area is 114 Å². The Morgan fingerprint density at radius 3 is 2.32 bits per heavy atom. The maximum atomic E-state index is 13.4. The number of nitrogens with one attached hydrogen (secondary N) is 2. The summed E-state index contributed by atoms with van der Waals surface area (Å²) >= 11 is 0. The Hall–Kier alpha value is -0.980. The van der Waals surface area contributed by atoms with E-state index >= 15 is 0 Å². The van der Waals surface area contributed by atoms with Gasteiger partial charge in [0.2, 0.25) is 10.0 Å². The van der Waals surface area contributed by atoms with Gasteiger partial charge in [-0.05, 0) is 37.1 Å². The Balaban J connectivity index is 2.61. The summed E-state index contributed by atoms with van der Waals surface area (Å²) in [7, 11) is -3.29. The minimum atomic E-state index is -3.29. The molecule has 2 N–H and O–H groups in total. The SMILES string of the molecule is CCNCCS(=O)(=O)NCc1cc(C)c(F)c(C)c1. The van der Waals surface area contributed by atoms with Crippen molar-refractivity contribution in [2.24, 2.45) is 0 Å². The van der Waals surface area contributed by atoms with E-state index in [2.05, 4.69) is 10.0 Å². The minimum absolute atomic E-state index is 0.0417. The molecule has 0 fully saturated rings. The fourth-order valence-corrected chi connectivity index (χ4v) is 2.73. The molecular formula is C13H21FN2O2S. The Kier molecular flexibility index (Phi) is 5.90. The molecule has 6 heteroatoms. The predicted octanol–water partition coefficient (Wildman–Crippen LogP) is 1.47. The van der Waals surface area contributed by atoms with Crippen LogP contribution in [0.3, 0.4) is 0 Å². The lowest BCUT2D eigenvalue weighted by atomic mass is 10.1. The highest BCUT2D eigenvalue weighted by Gasteiger charge is 2.10. The van der Waals surface area contributed by atoms with E-state index in [9.17, 15) is 12.8 Å². The molecule has 0 saturated carbocycles. The largest absolute Gasteiger partial charge is 0.316 e. The van der Waals surface area contributed by atoms with Crippen LogP contribution in [0.5, 0.6) is 0 Å². The monoisotopic (exact) mass is 288 g/mol. The molecule has 19 heavy (non-hydrogen) atoms. The van der Waals surface area contributed by atoms with E-state index in [1.807, 2.05) is 6.92 Å². The van der Waals surface area contributed by atoms with Crippen LogP contribution in [0, 0.1) is 19.7 Å². The Morgan fingerprint density at radius 2 is 1.79 bits per heavy atom. The highest BCUT2D eigenvalue weighted by molar-refractivity contribution is 7.89. The molecule has 4 nitrogen and oxygen atoms in total. The number of aryl methyl sites for hydroxylation is 2. The number of halogens is 1. The van der Waals surface area contributed by atoms with E-state index in [0.29, 0.717) is 17.7 Å². The van der Waals surface area contributed by atoms with Crippen LogP contribution in [0.2, 0.25) is 0 Å². The molecule has 0 unspecified atom stereocenters. The van der Waals surface area contributed by atoms with Crippen LogP contribution in [0.4, 0.5) is 4.39 Å². The maximum Gasteiger partial charge on any atom is 0.213 e. The van der Waals surface area contributed by atoms with Crippen LogP contribution in [-0.4, -0.2) is 27.3 Å². The highest BCUT2D eigenvalue weighted by atomic mass is 32.2. The van der Waals surface area contributed by atoms with Gasteiger partial charge in [-0.25, -0.2) is 17.5 Å². The molecule has 0 amide bonds.